The summed E-state index contributed by atoms with van der Waals surface area (Å²) in [5.41, 5.74) is 0.879. The van der Waals surface area contributed by atoms with E-state index in [1.807, 2.05) is 6.07 Å². The van der Waals surface area contributed by atoms with E-state index >= 15 is 0 Å². The van der Waals surface area contributed by atoms with Crippen LogP contribution in [0.2, 0.25) is 0 Å². The molecule has 0 atom stereocenters. The van der Waals surface area contributed by atoms with Crippen LogP contribution in [0.5, 0.6) is 0 Å². The monoisotopic (exact) mass is 285 g/mol. The molecular formula is C14H20FNO2S. The summed E-state index contributed by atoms with van der Waals surface area (Å²) in [5.74, 6) is -0.544. The molecule has 1 aromatic carbocycles. The second-order valence-electron chi connectivity index (χ2n) is 5.23. The number of carbonyl (C=O) groups excluding carboxylic acids is 1. The minimum Gasteiger partial charge on any atom is -0.468 e. The zero-order valence-electron chi connectivity index (χ0n) is 11.7. The van der Waals surface area contributed by atoms with E-state index < -0.39 is 0 Å². The molecular weight excluding hydrogens is 265 g/mol. The smallest absolute Gasteiger partial charge is 0.315 e. The van der Waals surface area contributed by atoms with Crippen molar-refractivity contribution in [3.8, 4) is 0 Å². The molecule has 1 N–H and O–H groups in total. The highest BCUT2D eigenvalue weighted by Gasteiger charge is 2.11. The van der Waals surface area contributed by atoms with Gasteiger partial charge < -0.3 is 10.1 Å². The minimum atomic E-state index is -0.358. The number of thioether (sulfide) groups is 1. The van der Waals surface area contributed by atoms with Crippen molar-refractivity contribution in [1.82, 2.24) is 5.32 Å². The molecule has 0 aliphatic carbocycles. The summed E-state index contributed by atoms with van der Waals surface area (Å²) in [5, 5.41) is 3.30. The number of benzene rings is 1. The molecule has 0 fully saturated rings. The fourth-order valence-electron chi connectivity index (χ4n) is 1.33. The van der Waals surface area contributed by atoms with Crippen LogP contribution < -0.4 is 5.32 Å². The highest BCUT2D eigenvalue weighted by Crippen LogP contribution is 2.23. The van der Waals surface area contributed by atoms with E-state index in [4.69, 9.17) is 0 Å². The lowest BCUT2D eigenvalue weighted by Crippen LogP contribution is -2.35. The molecule has 1 aromatic rings. The van der Waals surface area contributed by atoms with Gasteiger partial charge >= 0.3 is 5.97 Å². The van der Waals surface area contributed by atoms with Gasteiger partial charge in [-0.05, 0) is 38.5 Å². The van der Waals surface area contributed by atoms with Gasteiger partial charge in [-0.1, -0.05) is 6.07 Å². The SMILES string of the molecule is COC(=O)CSc1ccc(CNC(C)(C)C)cc1F. The Bertz CT molecular complexity index is 444. The van der Waals surface area contributed by atoms with Crippen molar-refractivity contribution in [2.24, 2.45) is 0 Å². The number of hydrogen-bond acceptors (Lipinski definition) is 4. The Labute approximate surface area is 117 Å². The molecule has 0 saturated heterocycles. The Morgan fingerprint density at radius 3 is 2.63 bits per heavy atom. The topological polar surface area (TPSA) is 38.3 Å². The maximum Gasteiger partial charge on any atom is 0.315 e. The van der Waals surface area contributed by atoms with Crippen LogP contribution in [0.1, 0.15) is 26.3 Å². The van der Waals surface area contributed by atoms with Crippen molar-refractivity contribution in [2.45, 2.75) is 37.8 Å². The number of esters is 1. The maximum atomic E-state index is 13.8. The van der Waals surface area contributed by atoms with E-state index in [2.05, 4.69) is 30.8 Å². The molecule has 0 heterocycles. The maximum absolute atomic E-state index is 13.8. The lowest BCUT2D eigenvalue weighted by atomic mass is 10.1. The third kappa shape index (κ3) is 6.07. The molecule has 0 radical (unpaired) electrons. The summed E-state index contributed by atoms with van der Waals surface area (Å²) in [6, 6.07) is 5.06. The highest BCUT2D eigenvalue weighted by atomic mass is 32.2. The predicted octanol–water partition coefficient (Wildman–Crippen LogP) is 2.98. The molecule has 106 valence electrons. The largest absolute Gasteiger partial charge is 0.468 e. The van der Waals surface area contributed by atoms with Crippen LogP contribution in [0.3, 0.4) is 0 Å². The molecule has 1 rings (SSSR count). The van der Waals surface area contributed by atoms with Crippen LogP contribution in [0.4, 0.5) is 4.39 Å². The summed E-state index contributed by atoms with van der Waals surface area (Å²) >= 11 is 1.14. The van der Waals surface area contributed by atoms with E-state index in [-0.39, 0.29) is 23.1 Å². The number of hydrogen-bond donors (Lipinski definition) is 1. The molecule has 0 aromatic heterocycles. The van der Waals surface area contributed by atoms with Crippen molar-refractivity contribution in [3.05, 3.63) is 29.6 Å². The molecule has 0 aliphatic heterocycles. The zero-order valence-corrected chi connectivity index (χ0v) is 12.6. The normalized spacial score (nSPS) is 11.4. The van der Waals surface area contributed by atoms with Gasteiger partial charge in [0.1, 0.15) is 5.82 Å². The molecule has 19 heavy (non-hydrogen) atoms. The summed E-state index contributed by atoms with van der Waals surface area (Å²) in [6.07, 6.45) is 0. The van der Waals surface area contributed by atoms with Gasteiger partial charge in [-0.15, -0.1) is 11.8 Å². The summed E-state index contributed by atoms with van der Waals surface area (Å²) in [4.78, 5) is 11.5. The third-order valence-electron chi connectivity index (χ3n) is 2.39. The first-order chi connectivity index (χ1) is 8.81. The van der Waals surface area contributed by atoms with Crippen LogP contribution in [-0.2, 0) is 16.1 Å². The van der Waals surface area contributed by atoms with Crippen LogP contribution in [0, 0.1) is 5.82 Å². The fraction of sp³-hybridized carbons (Fsp3) is 0.500. The van der Waals surface area contributed by atoms with Crippen LogP contribution in [0.15, 0.2) is 23.1 Å². The summed E-state index contributed by atoms with van der Waals surface area (Å²) in [6.45, 7) is 6.79. The van der Waals surface area contributed by atoms with Gasteiger partial charge in [0.25, 0.3) is 0 Å². The first-order valence-corrected chi connectivity index (χ1v) is 7.03. The van der Waals surface area contributed by atoms with Gasteiger partial charge in [0.2, 0.25) is 0 Å². The Morgan fingerprint density at radius 2 is 2.11 bits per heavy atom. The molecule has 0 unspecified atom stereocenters. The lowest BCUT2D eigenvalue weighted by Gasteiger charge is -2.20. The van der Waals surface area contributed by atoms with Gasteiger partial charge in [-0.2, -0.15) is 0 Å². The molecule has 0 spiro atoms. The Kier molecular flexibility index (Phi) is 5.82. The van der Waals surface area contributed by atoms with Crippen molar-refractivity contribution in [2.75, 3.05) is 12.9 Å². The van der Waals surface area contributed by atoms with E-state index in [0.29, 0.717) is 11.4 Å². The molecule has 0 amide bonds. The Balaban J connectivity index is 2.61. The average molecular weight is 285 g/mol. The second-order valence-corrected chi connectivity index (χ2v) is 6.25. The number of halogens is 1. The van der Waals surface area contributed by atoms with Crippen molar-refractivity contribution in [1.29, 1.82) is 0 Å². The zero-order chi connectivity index (χ0) is 14.5. The van der Waals surface area contributed by atoms with E-state index in [1.54, 1.807) is 6.07 Å². The van der Waals surface area contributed by atoms with E-state index in [1.165, 1.54) is 13.2 Å². The van der Waals surface area contributed by atoms with Crippen molar-refractivity contribution < 1.29 is 13.9 Å². The van der Waals surface area contributed by atoms with Gasteiger partial charge in [0, 0.05) is 17.0 Å². The standard InChI is InChI=1S/C14H20FNO2S/c1-14(2,3)16-8-10-5-6-12(11(15)7-10)19-9-13(17)18-4/h5-7,16H,8-9H2,1-4H3. The fourth-order valence-corrected chi connectivity index (χ4v) is 2.09. The summed E-state index contributed by atoms with van der Waals surface area (Å²) in [7, 11) is 1.32. The summed E-state index contributed by atoms with van der Waals surface area (Å²) < 4.78 is 18.3. The molecule has 0 saturated carbocycles. The van der Waals surface area contributed by atoms with Gasteiger partial charge in [0.15, 0.2) is 0 Å². The molecule has 0 aliphatic rings. The third-order valence-corrected chi connectivity index (χ3v) is 3.41. The minimum absolute atomic E-state index is 0.00518. The van der Waals surface area contributed by atoms with E-state index in [9.17, 15) is 9.18 Å². The molecule has 0 bridgehead atoms. The van der Waals surface area contributed by atoms with Crippen LogP contribution >= 0.6 is 11.8 Å². The molecule has 5 heteroatoms. The van der Waals surface area contributed by atoms with Gasteiger partial charge in [-0.3, -0.25) is 4.79 Å². The first-order valence-electron chi connectivity index (χ1n) is 6.05. The lowest BCUT2D eigenvalue weighted by molar-refractivity contribution is -0.137. The number of nitrogens with one attached hydrogen (secondary N) is 1. The Hall–Kier alpha value is -1.07. The van der Waals surface area contributed by atoms with Crippen LogP contribution in [-0.4, -0.2) is 24.4 Å². The number of rotatable bonds is 5. The number of methoxy groups -OCH3 is 1. The molecule has 3 nitrogen and oxygen atoms in total. The quantitative estimate of drug-likeness (QED) is 0.667. The van der Waals surface area contributed by atoms with Crippen molar-refractivity contribution in [3.63, 3.8) is 0 Å². The Morgan fingerprint density at radius 1 is 1.42 bits per heavy atom. The predicted molar refractivity (Wildman–Crippen MR) is 75.7 cm³/mol. The number of carbonyl (C=O) groups is 1. The second kappa shape index (κ2) is 6.91. The van der Waals surface area contributed by atoms with Gasteiger partial charge in [-0.25, -0.2) is 4.39 Å². The number of ether oxygens (including phenoxy) is 1. The van der Waals surface area contributed by atoms with E-state index in [0.717, 1.165) is 17.3 Å². The van der Waals surface area contributed by atoms with Crippen molar-refractivity contribution >= 4 is 17.7 Å². The highest BCUT2D eigenvalue weighted by molar-refractivity contribution is 8.00. The first kappa shape index (κ1) is 16.0. The van der Waals surface area contributed by atoms with Crippen LogP contribution in [0.25, 0.3) is 0 Å². The van der Waals surface area contributed by atoms with Gasteiger partial charge in [0.05, 0.1) is 12.9 Å². The average Bonchev–Trinajstić information content (AvgIpc) is 2.34.